The second-order valence-corrected chi connectivity index (χ2v) is 10.0. The monoisotopic (exact) mass is 557 g/mol. The SMILES string of the molecule is O=[N+]([O-])c1c(NN(c2ccccc2)c2ccccc2)ncnc1N1CCN(C(c2ccccc2)c2ccccc2)CC1. The lowest BCUT2D eigenvalue weighted by atomic mass is 9.96. The average Bonchev–Trinajstić information content (AvgIpc) is 3.06. The lowest BCUT2D eigenvalue weighted by molar-refractivity contribution is -0.383. The molecule has 1 fully saturated rings. The number of hydrogen-bond donors (Lipinski definition) is 1. The molecule has 6 rings (SSSR count). The molecule has 0 atom stereocenters. The third-order valence-electron chi connectivity index (χ3n) is 7.44. The molecule has 4 aromatic carbocycles. The van der Waals surface area contributed by atoms with E-state index in [1.165, 1.54) is 17.5 Å². The van der Waals surface area contributed by atoms with Crippen molar-refractivity contribution >= 4 is 28.7 Å². The Morgan fingerprint density at radius 2 is 1.17 bits per heavy atom. The van der Waals surface area contributed by atoms with Gasteiger partial charge in [0.2, 0.25) is 11.6 Å². The van der Waals surface area contributed by atoms with Crippen molar-refractivity contribution in [2.75, 3.05) is 41.5 Å². The van der Waals surface area contributed by atoms with Crippen LogP contribution in [-0.4, -0.2) is 46.0 Å². The van der Waals surface area contributed by atoms with E-state index in [2.05, 4.69) is 68.8 Å². The zero-order valence-electron chi connectivity index (χ0n) is 23.0. The van der Waals surface area contributed by atoms with Crippen molar-refractivity contribution in [3.05, 3.63) is 149 Å². The summed E-state index contributed by atoms with van der Waals surface area (Å²) in [7, 11) is 0. The highest BCUT2D eigenvalue weighted by atomic mass is 16.6. The highest BCUT2D eigenvalue weighted by Crippen LogP contribution is 2.36. The maximum atomic E-state index is 12.5. The number of hydrazine groups is 1. The van der Waals surface area contributed by atoms with Gasteiger partial charge in [-0.3, -0.25) is 25.4 Å². The van der Waals surface area contributed by atoms with Gasteiger partial charge in [0.1, 0.15) is 6.33 Å². The summed E-state index contributed by atoms with van der Waals surface area (Å²) in [4.78, 5) is 25.3. The van der Waals surface area contributed by atoms with E-state index >= 15 is 0 Å². The van der Waals surface area contributed by atoms with Crippen LogP contribution in [0.2, 0.25) is 0 Å². The molecule has 0 aliphatic carbocycles. The summed E-state index contributed by atoms with van der Waals surface area (Å²) in [5.74, 6) is 0.445. The minimum atomic E-state index is -0.394. The van der Waals surface area contributed by atoms with Gasteiger partial charge in [-0.25, -0.2) is 9.97 Å². The lowest BCUT2D eigenvalue weighted by Gasteiger charge is -2.40. The number of anilines is 4. The van der Waals surface area contributed by atoms with Crippen molar-refractivity contribution in [1.29, 1.82) is 0 Å². The number of nitrogens with one attached hydrogen (secondary N) is 1. The normalized spacial score (nSPS) is 13.6. The molecule has 0 bridgehead atoms. The Morgan fingerprint density at radius 3 is 1.64 bits per heavy atom. The third kappa shape index (κ3) is 5.77. The number of para-hydroxylation sites is 2. The van der Waals surface area contributed by atoms with Crippen LogP contribution in [0.3, 0.4) is 0 Å². The molecule has 0 radical (unpaired) electrons. The Labute approximate surface area is 244 Å². The molecule has 1 aromatic heterocycles. The van der Waals surface area contributed by atoms with Crippen molar-refractivity contribution in [1.82, 2.24) is 14.9 Å². The van der Waals surface area contributed by atoms with E-state index in [0.717, 1.165) is 24.5 Å². The number of hydrogen-bond acceptors (Lipinski definition) is 8. The van der Waals surface area contributed by atoms with Crippen LogP contribution in [0, 0.1) is 10.1 Å². The fourth-order valence-corrected chi connectivity index (χ4v) is 5.47. The number of aromatic nitrogens is 2. The van der Waals surface area contributed by atoms with E-state index in [0.29, 0.717) is 18.9 Å². The molecular formula is C33H31N7O2. The lowest BCUT2D eigenvalue weighted by Crippen LogP contribution is -2.48. The minimum Gasteiger partial charge on any atom is -0.348 e. The highest BCUT2D eigenvalue weighted by molar-refractivity contribution is 5.75. The minimum absolute atomic E-state index is 0.0949. The Kier molecular flexibility index (Phi) is 8.00. The first-order valence-electron chi connectivity index (χ1n) is 13.9. The van der Waals surface area contributed by atoms with Crippen molar-refractivity contribution in [3.8, 4) is 0 Å². The van der Waals surface area contributed by atoms with Crippen LogP contribution in [0.5, 0.6) is 0 Å². The van der Waals surface area contributed by atoms with Crippen molar-refractivity contribution in [2.24, 2.45) is 0 Å². The molecule has 42 heavy (non-hydrogen) atoms. The number of nitro groups is 1. The number of benzene rings is 4. The fraction of sp³-hybridized carbons (Fsp3) is 0.152. The van der Waals surface area contributed by atoms with E-state index in [1.54, 1.807) is 5.01 Å². The van der Waals surface area contributed by atoms with E-state index in [4.69, 9.17) is 0 Å². The molecule has 1 saturated heterocycles. The standard InChI is InChI=1S/C33H31N7O2/c41-40(42)31-32(36-39(28-17-9-3-10-18-28)29-19-11-4-12-20-29)34-25-35-33(31)38-23-21-37(22-24-38)30(26-13-5-1-6-14-26)27-15-7-2-8-16-27/h1-20,25,30H,21-24H2,(H,34,35,36). The zero-order valence-corrected chi connectivity index (χ0v) is 23.0. The zero-order chi connectivity index (χ0) is 28.7. The first-order chi connectivity index (χ1) is 20.7. The number of piperazine rings is 1. The van der Waals surface area contributed by atoms with Gasteiger partial charge in [0.15, 0.2) is 0 Å². The Hall–Kier alpha value is -5.28. The largest absolute Gasteiger partial charge is 0.355 e. The third-order valence-corrected chi connectivity index (χ3v) is 7.44. The molecular weight excluding hydrogens is 526 g/mol. The van der Waals surface area contributed by atoms with Crippen LogP contribution in [0.25, 0.3) is 0 Å². The molecule has 0 saturated carbocycles. The van der Waals surface area contributed by atoms with E-state index in [9.17, 15) is 10.1 Å². The predicted molar refractivity (Wildman–Crippen MR) is 166 cm³/mol. The van der Waals surface area contributed by atoms with E-state index in [1.807, 2.05) is 77.7 Å². The van der Waals surface area contributed by atoms with Crippen LogP contribution >= 0.6 is 0 Å². The molecule has 210 valence electrons. The predicted octanol–water partition coefficient (Wildman–Crippen LogP) is 6.46. The summed E-state index contributed by atoms with van der Waals surface area (Å²) in [5, 5.41) is 14.3. The fourth-order valence-electron chi connectivity index (χ4n) is 5.47. The molecule has 1 aliphatic rings. The van der Waals surface area contributed by atoms with Gasteiger partial charge in [-0.15, -0.1) is 0 Å². The van der Waals surface area contributed by atoms with Gasteiger partial charge in [0.05, 0.1) is 22.3 Å². The Balaban J connectivity index is 1.28. The molecule has 1 aliphatic heterocycles. The second kappa shape index (κ2) is 12.5. The van der Waals surface area contributed by atoms with Gasteiger partial charge < -0.3 is 4.90 Å². The highest BCUT2D eigenvalue weighted by Gasteiger charge is 2.32. The second-order valence-electron chi connectivity index (χ2n) is 10.0. The Bertz CT molecular complexity index is 1520. The molecule has 9 heteroatoms. The van der Waals surface area contributed by atoms with Gasteiger partial charge in [-0.2, -0.15) is 0 Å². The summed E-state index contributed by atoms with van der Waals surface area (Å²) < 4.78 is 0. The number of rotatable bonds is 9. The van der Waals surface area contributed by atoms with Gasteiger partial charge >= 0.3 is 5.69 Å². The first-order valence-corrected chi connectivity index (χ1v) is 13.9. The van der Waals surface area contributed by atoms with Gasteiger partial charge in [-0.05, 0) is 35.4 Å². The molecule has 0 unspecified atom stereocenters. The average molecular weight is 558 g/mol. The summed E-state index contributed by atoms with van der Waals surface area (Å²) in [6, 6.07) is 40.3. The maximum Gasteiger partial charge on any atom is 0.355 e. The van der Waals surface area contributed by atoms with Gasteiger partial charge in [-0.1, -0.05) is 97.1 Å². The maximum absolute atomic E-state index is 12.5. The van der Waals surface area contributed by atoms with Crippen LogP contribution in [0.1, 0.15) is 17.2 Å². The van der Waals surface area contributed by atoms with Crippen LogP contribution < -0.4 is 15.3 Å². The van der Waals surface area contributed by atoms with Crippen LogP contribution in [-0.2, 0) is 0 Å². The van der Waals surface area contributed by atoms with Crippen molar-refractivity contribution in [3.63, 3.8) is 0 Å². The molecule has 9 nitrogen and oxygen atoms in total. The van der Waals surface area contributed by atoms with Crippen molar-refractivity contribution < 1.29 is 4.92 Å². The number of nitrogens with zero attached hydrogens (tertiary/aromatic N) is 6. The molecule has 1 N–H and O–H groups in total. The topological polar surface area (TPSA) is 90.7 Å². The first kappa shape index (κ1) is 26.9. The van der Waals surface area contributed by atoms with Gasteiger partial charge in [0, 0.05) is 26.2 Å². The molecule has 2 heterocycles. The Morgan fingerprint density at radius 1 is 0.690 bits per heavy atom. The molecule has 5 aromatic rings. The smallest absolute Gasteiger partial charge is 0.348 e. The van der Waals surface area contributed by atoms with Gasteiger partial charge in [0.25, 0.3) is 0 Å². The van der Waals surface area contributed by atoms with E-state index < -0.39 is 4.92 Å². The van der Waals surface area contributed by atoms with E-state index in [-0.39, 0.29) is 17.5 Å². The van der Waals surface area contributed by atoms with Crippen LogP contribution in [0.15, 0.2) is 128 Å². The quantitative estimate of drug-likeness (QED) is 0.163. The molecule has 0 spiro atoms. The summed E-state index contributed by atoms with van der Waals surface area (Å²) in [6.45, 7) is 2.63. The summed E-state index contributed by atoms with van der Waals surface area (Å²) >= 11 is 0. The summed E-state index contributed by atoms with van der Waals surface area (Å²) in [5.41, 5.74) is 7.15. The molecule has 0 amide bonds. The summed E-state index contributed by atoms with van der Waals surface area (Å²) in [6.07, 6.45) is 1.39. The van der Waals surface area contributed by atoms with Crippen molar-refractivity contribution in [2.45, 2.75) is 6.04 Å². The van der Waals surface area contributed by atoms with Crippen LogP contribution in [0.4, 0.5) is 28.7 Å².